The summed E-state index contributed by atoms with van der Waals surface area (Å²) in [5.41, 5.74) is -0.866. The lowest BCUT2D eigenvalue weighted by Gasteiger charge is -2.38. The second kappa shape index (κ2) is 4.71. The molecule has 2 rings (SSSR count). The Morgan fingerprint density at radius 3 is 2.61 bits per heavy atom. The fourth-order valence-corrected chi connectivity index (χ4v) is 2.42. The van der Waals surface area contributed by atoms with Crippen molar-refractivity contribution < 1.29 is 14.8 Å². The van der Waals surface area contributed by atoms with Crippen LogP contribution in [-0.4, -0.2) is 21.5 Å². The van der Waals surface area contributed by atoms with Crippen molar-refractivity contribution in [3.05, 3.63) is 31.9 Å². The number of hydrogen-bond donors (Lipinski definition) is 2. The molecule has 0 spiro atoms. The first-order chi connectivity index (χ1) is 8.44. The molecule has 0 unspecified atom stereocenters. The predicted molar refractivity (Wildman–Crippen MR) is 73.7 cm³/mol. The van der Waals surface area contributed by atoms with Crippen LogP contribution in [0.4, 0.5) is 11.4 Å². The van der Waals surface area contributed by atoms with Gasteiger partial charge in [-0.3, -0.25) is 10.1 Å². The molecule has 1 aliphatic rings. The van der Waals surface area contributed by atoms with Crippen molar-refractivity contribution in [1.29, 1.82) is 0 Å². The van der Waals surface area contributed by atoms with Gasteiger partial charge in [0, 0.05) is 9.64 Å². The van der Waals surface area contributed by atoms with Crippen LogP contribution in [0.3, 0.4) is 0 Å². The zero-order chi connectivity index (χ0) is 13.3. The fourth-order valence-electron chi connectivity index (χ4n) is 1.94. The smallest absolute Gasteiger partial charge is 0.329 e. The first kappa shape index (κ1) is 13.1. The Balaban J connectivity index is 2.34. The van der Waals surface area contributed by atoms with Crippen LogP contribution in [0.2, 0.25) is 0 Å². The van der Waals surface area contributed by atoms with Gasteiger partial charge in [-0.05, 0) is 54.0 Å². The van der Waals surface area contributed by atoms with Crippen LogP contribution < -0.4 is 5.32 Å². The number of aliphatic carboxylic acids is 1. The average molecular weight is 362 g/mol. The molecular formula is C11H11IN2O4. The van der Waals surface area contributed by atoms with Gasteiger partial charge >= 0.3 is 5.97 Å². The molecule has 2 N–H and O–H groups in total. The summed E-state index contributed by atoms with van der Waals surface area (Å²) in [5.74, 6) is -0.957. The largest absolute Gasteiger partial charge is 0.480 e. The van der Waals surface area contributed by atoms with E-state index in [2.05, 4.69) is 5.32 Å². The number of nitrogens with one attached hydrogen (secondary N) is 1. The van der Waals surface area contributed by atoms with Gasteiger partial charge in [-0.15, -0.1) is 0 Å². The molecule has 1 aliphatic carbocycles. The number of nitro benzene ring substituents is 1. The molecule has 96 valence electrons. The van der Waals surface area contributed by atoms with E-state index in [4.69, 9.17) is 0 Å². The van der Waals surface area contributed by atoms with Gasteiger partial charge in [-0.25, -0.2) is 4.79 Å². The number of hydrogen-bond acceptors (Lipinski definition) is 4. The van der Waals surface area contributed by atoms with E-state index in [1.807, 2.05) is 22.6 Å². The molecule has 6 nitrogen and oxygen atoms in total. The summed E-state index contributed by atoms with van der Waals surface area (Å²) < 4.78 is 0.739. The molecule has 7 heteroatoms. The molecule has 0 atom stereocenters. The summed E-state index contributed by atoms with van der Waals surface area (Å²) in [6, 6.07) is 4.70. The van der Waals surface area contributed by atoms with Crippen molar-refractivity contribution in [2.45, 2.75) is 24.8 Å². The number of nitrogens with zero attached hydrogens (tertiary/aromatic N) is 1. The Morgan fingerprint density at radius 2 is 2.17 bits per heavy atom. The molecule has 1 aromatic carbocycles. The summed E-state index contributed by atoms with van der Waals surface area (Å²) in [6.45, 7) is 0. The second-order valence-electron chi connectivity index (χ2n) is 4.28. The topological polar surface area (TPSA) is 92.5 Å². The normalized spacial score (nSPS) is 16.7. The Morgan fingerprint density at radius 1 is 1.50 bits per heavy atom. The van der Waals surface area contributed by atoms with Crippen LogP contribution >= 0.6 is 22.6 Å². The first-order valence-corrected chi connectivity index (χ1v) is 6.48. The molecule has 0 saturated heterocycles. The predicted octanol–water partition coefficient (Wildman–Crippen LogP) is 2.62. The Labute approximate surface area is 117 Å². The number of benzene rings is 1. The maximum atomic E-state index is 11.2. The Bertz CT molecular complexity index is 514. The molecule has 0 aliphatic heterocycles. The van der Waals surface area contributed by atoms with E-state index in [1.54, 1.807) is 12.1 Å². The van der Waals surface area contributed by atoms with Gasteiger partial charge in [0.25, 0.3) is 5.69 Å². The van der Waals surface area contributed by atoms with Gasteiger partial charge in [-0.2, -0.15) is 0 Å². The van der Waals surface area contributed by atoms with E-state index in [1.165, 1.54) is 6.07 Å². The molecule has 0 heterocycles. The molecular weight excluding hydrogens is 351 g/mol. The lowest BCUT2D eigenvalue weighted by Crippen LogP contribution is -2.52. The third-order valence-electron chi connectivity index (χ3n) is 3.15. The summed E-state index contributed by atoms with van der Waals surface area (Å²) in [4.78, 5) is 21.7. The molecule has 1 aromatic rings. The van der Waals surface area contributed by atoms with Crippen molar-refractivity contribution in [3.63, 3.8) is 0 Å². The van der Waals surface area contributed by atoms with Crippen LogP contribution in [0.1, 0.15) is 19.3 Å². The van der Waals surface area contributed by atoms with Crippen molar-refractivity contribution in [3.8, 4) is 0 Å². The summed E-state index contributed by atoms with van der Waals surface area (Å²) in [6.07, 6.45) is 1.80. The van der Waals surface area contributed by atoms with Crippen LogP contribution in [0.5, 0.6) is 0 Å². The Hall–Kier alpha value is -1.38. The number of anilines is 1. The molecule has 1 saturated carbocycles. The minimum Gasteiger partial charge on any atom is -0.480 e. The van der Waals surface area contributed by atoms with Gasteiger partial charge < -0.3 is 10.4 Å². The average Bonchev–Trinajstić information content (AvgIpc) is 2.24. The molecule has 0 bridgehead atoms. The van der Waals surface area contributed by atoms with Crippen LogP contribution in [0.25, 0.3) is 0 Å². The van der Waals surface area contributed by atoms with Gasteiger partial charge in [0.1, 0.15) is 11.2 Å². The number of halogens is 1. The number of nitro groups is 1. The van der Waals surface area contributed by atoms with Crippen molar-refractivity contribution in [2.75, 3.05) is 5.32 Å². The lowest BCUT2D eigenvalue weighted by molar-refractivity contribution is -0.384. The van der Waals surface area contributed by atoms with Crippen molar-refractivity contribution >= 4 is 39.9 Å². The zero-order valence-corrected chi connectivity index (χ0v) is 11.5. The molecule has 0 radical (unpaired) electrons. The summed E-state index contributed by atoms with van der Waals surface area (Å²) >= 11 is 1.98. The standard InChI is InChI=1S/C11H11IN2O4/c12-7-2-3-8(9(6-7)14(17)18)13-11(10(15)16)4-1-5-11/h2-3,6,13H,1,4-5H2,(H,15,16). The molecule has 1 fully saturated rings. The zero-order valence-electron chi connectivity index (χ0n) is 9.35. The summed E-state index contributed by atoms with van der Waals surface area (Å²) in [7, 11) is 0. The van der Waals surface area contributed by atoms with E-state index in [9.17, 15) is 20.0 Å². The van der Waals surface area contributed by atoms with E-state index in [-0.39, 0.29) is 11.4 Å². The molecule has 0 amide bonds. The monoisotopic (exact) mass is 362 g/mol. The highest BCUT2D eigenvalue weighted by Crippen LogP contribution is 2.38. The molecule has 0 aromatic heterocycles. The lowest BCUT2D eigenvalue weighted by atomic mass is 9.76. The first-order valence-electron chi connectivity index (χ1n) is 5.40. The van der Waals surface area contributed by atoms with E-state index >= 15 is 0 Å². The fraction of sp³-hybridized carbons (Fsp3) is 0.364. The van der Waals surface area contributed by atoms with Gasteiger partial charge in [0.2, 0.25) is 0 Å². The van der Waals surface area contributed by atoms with Crippen LogP contribution in [0.15, 0.2) is 18.2 Å². The third kappa shape index (κ3) is 2.26. The highest BCUT2D eigenvalue weighted by Gasteiger charge is 2.45. The highest BCUT2D eigenvalue weighted by molar-refractivity contribution is 14.1. The highest BCUT2D eigenvalue weighted by atomic mass is 127. The maximum absolute atomic E-state index is 11.2. The van der Waals surface area contributed by atoms with Gasteiger partial charge in [0.05, 0.1) is 4.92 Å². The number of carboxylic acids is 1. The number of rotatable bonds is 4. The van der Waals surface area contributed by atoms with Crippen molar-refractivity contribution in [1.82, 2.24) is 0 Å². The quantitative estimate of drug-likeness (QED) is 0.488. The van der Waals surface area contributed by atoms with E-state index < -0.39 is 16.4 Å². The van der Waals surface area contributed by atoms with Gasteiger partial charge in [-0.1, -0.05) is 0 Å². The minimum atomic E-state index is -1.04. The van der Waals surface area contributed by atoms with E-state index in [0.717, 1.165) is 9.99 Å². The number of carbonyl (C=O) groups is 1. The van der Waals surface area contributed by atoms with E-state index in [0.29, 0.717) is 12.8 Å². The SMILES string of the molecule is O=C(O)C1(Nc2ccc(I)cc2[N+](=O)[O-])CCC1. The minimum absolute atomic E-state index is 0.0885. The Kier molecular flexibility index (Phi) is 3.42. The van der Waals surface area contributed by atoms with Crippen LogP contribution in [0, 0.1) is 13.7 Å². The summed E-state index contributed by atoms with van der Waals surface area (Å²) in [5, 5.41) is 23.0. The maximum Gasteiger partial charge on any atom is 0.329 e. The molecule has 18 heavy (non-hydrogen) atoms. The van der Waals surface area contributed by atoms with Gasteiger partial charge in [0.15, 0.2) is 0 Å². The third-order valence-corrected chi connectivity index (χ3v) is 3.82. The number of carboxylic acid groups (broad SMARTS) is 1. The van der Waals surface area contributed by atoms with Crippen LogP contribution in [-0.2, 0) is 4.79 Å². The second-order valence-corrected chi connectivity index (χ2v) is 5.53. The van der Waals surface area contributed by atoms with Crippen molar-refractivity contribution in [2.24, 2.45) is 0 Å².